The Morgan fingerprint density at radius 2 is 1.69 bits per heavy atom. The highest BCUT2D eigenvalue weighted by Crippen LogP contribution is 2.29. The van der Waals surface area contributed by atoms with E-state index in [1.807, 2.05) is 12.1 Å². The molecule has 3 aromatic rings. The molecule has 6 nitrogen and oxygen atoms in total. The number of benzene rings is 3. The van der Waals surface area contributed by atoms with Crippen molar-refractivity contribution in [2.45, 2.75) is 30.2 Å². The van der Waals surface area contributed by atoms with E-state index in [4.69, 9.17) is 4.74 Å². The Morgan fingerprint density at radius 3 is 2.44 bits per heavy atom. The molecule has 3 aromatic carbocycles. The van der Waals surface area contributed by atoms with Crippen molar-refractivity contribution in [2.75, 3.05) is 18.0 Å². The Balaban J connectivity index is 1.35. The number of nitrogens with zero attached hydrogens (tertiary/aromatic N) is 1. The maximum atomic E-state index is 12.8. The number of sulfonamides is 1. The minimum absolute atomic E-state index is 0.00951. The fourth-order valence-electron chi connectivity index (χ4n) is 3.93. The van der Waals surface area contributed by atoms with Gasteiger partial charge in [0.15, 0.2) is 6.61 Å². The summed E-state index contributed by atoms with van der Waals surface area (Å²) in [5, 5.41) is 3.06. The summed E-state index contributed by atoms with van der Waals surface area (Å²) in [4.78, 5) is 12.7. The number of ether oxygens (including phenoxy) is 1. The first-order valence-corrected chi connectivity index (χ1v) is 12.0. The molecule has 1 aliphatic carbocycles. The molecular weight excluding hydrogens is 424 g/mol. The molecule has 1 N–H and O–H groups in total. The first-order chi connectivity index (χ1) is 15.4. The van der Waals surface area contributed by atoms with Crippen LogP contribution in [0.3, 0.4) is 0 Å². The molecule has 7 heteroatoms. The van der Waals surface area contributed by atoms with Gasteiger partial charge in [0.05, 0.1) is 16.6 Å². The minimum Gasteiger partial charge on any atom is -0.484 e. The zero-order chi connectivity index (χ0) is 22.6. The van der Waals surface area contributed by atoms with Crippen molar-refractivity contribution >= 4 is 21.6 Å². The first-order valence-electron chi connectivity index (χ1n) is 10.6. The molecule has 0 radical (unpaired) electrons. The molecule has 0 heterocycles. The van der Waals surface area contributed by atoms with Crippen LogP contribution < -0.4 is 14.4 Å². The van der Waals surface area contributed by atoms with Gasteiger partial charge in [-0.1, -0.05) is 42.5 Å². The predicted molar refractivity (Wildman–Crippen MR) is 124 cm³/mol. The molecule has 0 unspecified atom stereocenters. The van der Waals surface area contributed by atoms with E-state index in [2.05, 4.69) is 17.4 Å². The Kier molecular flexibility index (Phi) is 6.46. The third kappa shape index (κ3) is 4.78. The lowest BCUT2D eigenvalue weighted by Crippen LogP contribution is -2.34. The number of anilines is 1. The summed E-state index contributed by atoms with van der Waals surface area (Å²) in [6.07, 6.45) is 3.00. The van der Waals surface area contributed by atoms with Crippen LogP contribution in [0.5, 0.6) is 5.75 Å². The van der Waals surface area contributed by atoms with E-state index in [1.165, 1.54) is 22.5 Å². The molecule has 166 valence electrons. The molecule has 0 aliphatic heterocycles. The van der Waals surface area contributed by atoms with Crippen LogP contribution in [0, 0.1) is 0 Å². The van der Waals surface area contributed by atoms with Gasteiger partial charge in [-0.25, -0.2) is 8.42 Å². The van der Waals surface area contributed by atoms with Crippen LogP contribution in [0.15, 0.2) is 83.8 Å². The van der Waals surface area contributed by atoms with Gasteiger partial charge in [-0.3, -0.25) is 9.10 Å². The highest BCUT2D eigenvalue weighted by Gasteiger charge is 2.22. The predicted octanol–water partition coefficient (Wildman–Crippen LogP) is 4.08. The normalized spacial score (nSPS) is 15.5. The largest absolute Gasteiger partial charge is 0.484 e. The molecule has 4 rings (SSSR count). The highest BCUT2D eigenvalue weighted by atomic mass is 32.2. The van der Waals surface area contributed by atoms with E-state index in [0.717, 1.165) is 19.3 Å². The van der Waals surface area contributed by atoms with Gasteiger partial charge in [-0.2, -0.15) is 0 Å². The first kappa shape index (κ1) is 21.9. The quantitative estimate of drug-likeness (QED) is 0.588. The van der Waals surface area contributed by atoms with Crippen molar-refractivity contribution in [2.24, 2.45) is 0 Å². The van der Waals surface area contributed by atoms with E-state index in [1.54, 1.807) is 54.6 Å². The fraction of sp³-hybridized carbons (Fsp3) is 0.240. The van der Waals surface area contributed by atoms with Gasteiger partial charge in [0.2, 0.25) is 0 Å². The van der Waals surface area contributed by atoms with E-state index < -0.39 is 10.0 Å². The Morgan fingerprint density at radius 1 is 1.00 bits per heavy atom. The average Bonchev–Trinajstić information content (AvgIpc) is 2.83. The van der Waals surface area contributed by atoms with Gasteiger partial charge in [-0.05, 0) is 66.8 Å². The van der Waals surface area contributed by atoms with E-state index in [0.29, 0.717) is 11.4 Å². The Labute approximate surface area is 188 Å². The molecule has 1 atom stereocenters. The van der Waals surface area contributed by atoms with E-state index in [-0.39, 0.29) is 23.5 Å². The molecule has 0 spiro atoms. The average molecular weight is 451 g/mol. The van der Waals surface area contributed by atoms with Crippen LogP contribution in [-0.2, 0) is 21.2 Å². The van der Waals surface area contributed by atoms with Crippen molar-refractivity contribution in [3.05, 3.63) is 90.0 Å². The number of rotatable bonds is 7. The number of amides is 1. The van der Waals surface area contributed by atoms with Crippen molar-refractivity contribution in [3.63, 3.8) is 0 Å². The van der Waals surface area contributed by atoms with Crippen LogP contribution in [0.1, 0.15) is 30.0 Å². The summed E-state index contributed by atoms with van der Waals surface area (Å²) in [6, 6.07) is 23.1. The van der Waals surface area contributed by atoms with E-state index >= 15 is 0 Å². The molecule has 32 heavy (non-hydrogen) atoms. The summed E-state index contributed by atoms with van der Waals surface area (Å²) < 4.78 is 32.3. The lowest BCUT2D eigenvalue weighted by molar-refractivity contribution is -0.123. The molecule has 0 bridgehead atoms. The van der Waals surface area contributed by atoms with Crippen molar-refractivity contribution < 1.29 is 17.9 Å². The number of hydrogen-bond acceptors (Lipinski definition) is 4. The monoisotopic (exact) mass is 450 g/mol. The summed E-state index contributed by atoms with van der Waals surface area (Å²) >= 11 is 0. The SMILES string of the molecule is CN(c1ccc(OCC(=O)N[C@@H]2CCCc3ccccc32)cc1)S(=O)(=O)c1ccccc1. The molecule has 1 amide bonds. The summed E-state index contributed by atoms with van der Waals surface area (Å²) in [5.74, 6) is 0.318. The third-order valence-corrected chi connectivity index (χ3v) is 7.48. The third-order valence-electron chi connectivity index (χ3n) is 5.68. The number of fused-ring (bicyclic) bond motifs is 1. The Hall–Kier alpha value is -3.32. The lowest BCUT2D eigenvalue weighted by Gasteiger charge is -2.26. The summed E-state index contributed by atoms with van der Waals surface area (Å²) in [6.45, 7) is -0.101. The topological polar surface area (TPSA) is 75.7 Å². The van der Waals surface area contributed by atoms with Crippen molar-refractivity contribution in [1.29, 1.82) is 0 Å². The van der Waals surface area contributed by atoms with Crippen LogP contribution >= 0.6 is 0 Å². The van der Waals surface area contributed by atoms with Gasteiger partial charge >= 0.3 is 0 Å². The van der Waals surface area contributed by atoms with Crippen LogP contribution in [-0.4, -0.2) is 28.0 Å². The number of hydrogen-bond donors (Lipinski definition) is 1. The Bertz CT molecular complexity index is 1180. The number of nitrogens with one attached hydrogen (secondary N) is 1. The fourth-order valence-corrected chi connectivity index (χ4v) is 5.15. The van der Waals surface area contributed by atoms with Gasteiger partial charge in [0.1, 0.15) is 5.75 Å². The highest BCUT2D eigenvalue weighted by molar-refractivity contribution is 7.92. The minimum atomic E-state index is -3.64. The maximum Gasteiger partial charge on any atom is 0.264 e. The van der Waals surface area contributed by atoms with Crippen LogP contribution in [0.25, 0.3) is 0 Å². The zero-order valence-electron chi connectivity index (χ0n) is 17.9. The summed E-state index contributed by atoms with van der Waals surface area (Å²) in [5.41, 5.74) is 2.97. The standard InChI is InChI=1S/C25H26N2O4S/c1-27(32(29,30)22-10-3-2-4-11-22)20-14-16-21(17-15-20)31-18-25(28)26-24-13-7-9-19-8-5-6-12-23(19)24/h2-6,8,10-12,14-17,24H,7,9,13,18H2,1H3,(H,26,28)/t24-/m1/s1. The second-order valence-corrected chi connectivity index (χ2v) is 9.75. The second-order valence-electron chi connectivity index (χ2n) is 7.78. The van der Waals surface area contributed by atoms with Crippen LogP contribution in [0.4, 0.5) is 5.69 Å². The summed E-state index contributed by atoms with van der Waals surface area (Å²) in [7, 11) is -2.14. The smallest absolute Gasteiger partial charge is 0.264 e. The lowest BCUT2D eigenvalue weighted by atomic mass is 9.88. The van der Waals surface area contributed by atoms with Gasteiger partial charge in [0, 0.05) is 7.05 Å². The number of carbonyl (C=O) groups excluding carboxylic acids is 1. The molecule has 0 saturated carbocycles. The molecular formula is C25H26N2O4S. The van der Waals surface area contributed by atoms with Gasteiger partial charge in [-0.15, -0.1) is 0 Å². The van der Waals surface area contributed by atoms with Crippen molar-refractivity contribution in [1.82, 2.24) is 5.32 Å². The molecule has 1 aliphatic rings. The van der Waals surface area contributed by atoms with Gasteiger partial charge in [0.25, 0.3) is 15.9 Å². The number of aryl methyl sites for hydroxylation is 1. The van der Waals surface area contributed by atoms with Crippen molar-refractivity contribution in [3.8, 4) is 5.75 Å². The molecule has 0 fully saturated rings. The molecule has 0 aromatic heterocycles. The number of carbonyl (C=O) groups is 1. The zero-order valence-corrected chi connectivity index (χ0v) is 18.7. The second kappa shape index (κ2) is 9.44. The maximum absolute atomic E-state index is 12.8. The van der Waals surface area contributed by atoms with E-state index in [9.17, 15) is 13.2 Å². The van der Waals surface area contributed by atoms with Gasteiger partial charge < -0.3 is 10.1 Å². The molecule has 0 saturated heterocycles. The van der Waals surface area contributed by atoms with Crippen LogP contribution in [0.2, 0.25) is 0 Å².